The van der Waals surface area contributed by atoms with Crippen LogP contribution in [0.15, 0.2) is 48.3 Å². The van der Waals surface area contributed by atoms with Crippen molar-refractivity contribution in [1.82, 2.24) is 29.2 Å². The molecule has 0 atom stereocenters. The normalized spacial score (nSPS) is 12.0. The number of H-pyrrole nitrogens is 1. The number of aromatic nitrogens is 5. The summed E-state index contributed by atoms with van der Waals surface area (Å²) in [6.07, 6.45) is 8.03. The molecular formula is C15H18N6O2S. The zero-order valence-electron chi connectivity index (χ0n) is 13.3. The van der Waals surface area contributed by atoms with Gasteiger partial charge in [0.25, 0.3) is 10.0 Å². The average molecular weight is 346 g/mol. The van der Waals surface area contributed by atoms with Gasteiger partial charge in [-0.3, -0.25) is 4.57 Å². The Morgan fingerprint density at radius 3 is 2.79 bits per heavy atom. The summed E-state index contributed by atoms with van der Waals surface area (Å²) >= 11 is 0. The second-order valence-corrected chi connectivity index (χ2v) is 7.34. The summed E-state index contributed by atoms with van der Waals surface area (Å²) in [6.45, 7) is 4.04. The van der Waals surface area contributed by atoms with E-state index in [-0.39, 0.29) is 17.5 Å². The molecule has 126 valence electrons. The predicted molar refractivity (Wildman–Crippen MR) is 88.1 cm³/mol. The number of sulfonamides is 1. The maximum absolute atomic E-state index is 12.3. The molecule has 3 aromatic heterocycles. The zero-order valence-corrected chi connectivity index (χ0v) is 14.2. The smallest absolute Gasteiger partial charge is 0.257 e. The lowest BCUT2D eigenvalue weighted by Crippen LogP contribution is -2.23. The third-order valence-corrected chi connectivity index (χ3v) is 4.76. The fourth-order valence-corrected chi connectivity index (χ4v) is 3.05. The van der Waals surface area contributed by atoms with Gasteiger partial charge in [-0.2, -0.15) is 0 Å². The molecule has 0 aliphatic carbocycles. The van der Waals surface area contributed by atoms with Crippen LogP contribution in [0.2, 0.25) is 0 Å². The largest absolute Gasteiger partial charge is 0.332 e. The van der Waals surface area contributed by atoms with Crippen molar-refractivity contribution in [1.29, 1.82) is 0 Å². The van der Waals surface area contributed by atoms with Crippen LogP contribution in [-0.4, -0.2) is 32.9 Å². The van der Waals surface area contributed by atoms with Gasteiger partial charge in [0.1, 0.15) is 18.0 Å². The van der Waals surface area contributed by atoms with Gasteiger partial charge in [0.15, 0.2) is 5.03 Å². The van der Waals surface area contributed by atoms with E-state index in [4.69, 9.17) is 0 Å². The standard InChI is InChI=1S/C15H18N6O2S/c1-11(2)15-18-9-14(20-15)24(22,23)19-8-12-3-4-17-13(7-12)21-6-5-16-10-21/h3-7,9-11,19H,8H2,1-2H3,(H,18,20). The van der Waals surface area contributed by atoms with Gasteiger partial charge in [-0.15, -0.1) is 0 Å². The number of rotatable bonds is 6. The highest BCUT2D eigenvalue weighted by molar-refractivity contribution is 7.89. The molecule has 0 spiro atoms. The number of nitrogens with one attached hydrogen (secondary N) is 2. The Bertz CT molecular complexity index is 915. The van der Waals surface area contributed by atoms with Gasteiger partial charge in [0.2, 0.25) is 0 Å². The van der Waals surface area contributed by atoms with E-state index in [0.29, 0.717) is 11.6 Å². The van der Waals surface area contributed by atoms with Crippen LogP contribution in [0.3, 0.4) is 0 Å². The summed E-state index contributed by atoms with van der Waals surface area (Å²) in [5, 5.41) is 0.0649. The second kappa shape index (κ2) is 6.54. The number of hydrogen-bond donors (Lipinski definition) is 2. The van der Waals surface area contributed by atoms with Crippen molar-refractivity contribution in [2.24, 2.45) is 0 Å². The molecule has 0 bridgehead atoms. The average Bonchev–Trinajstić information content (AvgIpc) is 3.25. The summed E-state index contributed by atoms with van der Waals surface area (Å²) < 4.78 is 29.0. The minimum absolute atomic E-state index is 0.0649. The first-order chi connectivity index (χ1) is 11.5. The van der Waals surface area contributed by atoms with Crippen molar-refractivity contribution in [3.05, 3.63) is 54.6 Å². The topological polar surface area (TPSA) is 106 Å². The molecule has 3 rings (SSSR count). The molecule has 2 N–H and O–H groups in total. The molecule has 0 aliphatic heterocycles. The molecule has 0 aromatic carbocycles. The van der Waals surface area contributed by atoms with Gasteiger partial charge < -0.3 is 4.98 Å². The Morgan fingerprint density at radius 2 is 2.12 bits per heavy atom. The lowest BCUT2D eigenvalue weighted by Gasteiger charge is -2.07. The van der Waals surface area contributed by atoms with E-state index >= 15 is 0 Å². The first kappa shape index (κ1) is 16.3. The second-order valence-electron chi connectivity index (χ2n) is 5.60. The van der Waals surface area contributed by atoms with Crippen LogP contribution in [0.25, 0.3) is 5.82 Å². The maximum Gasteiger partial charge on any atom is 0.257 e. The Kier molecular flexibility index (Phi) is 4.45. The molecule has 0 unspecified atom stereocenters. The van der Waals surface area contributed by atoms with Gasteiger partial charge in [-0.25, -0.2) is 28.1 Å². The van der Waals surface area contributed by atoms with Crippen LogP contribution in [0.4, 0.5) is 0 Å². The molecule has 3 aromatic rings. The van der Waals surface area contributed by atoms with Crippen molar-refractivity contribution in [2.45, 2.75) is 31.3 Å². The summed E-state index contributed by atoms with van der Waals surface area (Å²) in [5.74, 6) is 1.45. The number of hydrogen-bond acceptors (Lipinski definition) is 5. The van der Waals surface area contributed by atoms with Gasteiger partial charge in [0.05, 0.1) is 6.20 Å². The van der Waals surface area contributed by atoms with Gasteiger partial charge in [0, 0.05) is 31.1 Å². The monoisotopic (exact) mass is 346 g/mol. The van der Waals surface area contributed by atoms with Crippen LogP contribution < -0.4 is 4.72 Å². The molecule has 24 heavy (non-hydrogen) atoms. The number of nitrogens with zero attached hydrogens (tertiary/aromatic N) is 4. The molecule has 0 amide bonds. The fraction of sp³-hybridized carbons (Fsp3) is 0.267. The van der Waals surface area contributed by atoms with Gasteiger partial charge in [-0.1, -0.05) is 13.8 Å². The third kappa shape index (κ3) is 3.52. The number of pyridine rings is 1. The van der Waals surface area contributed by atoms with E-state index < -0.39 is 10.0 Å². The van der Waals surface area contributed by atoms with Crippen LogP contribution in [-0.2, 0) is 16.6 Å². The summed E-state index contributed by atoms with van der Waals surface area (Å²) in [4.78, 5) is 15.1. The zero-order chi connectivity index (χ0) is 17.2. The number of imidazole rings is 2. The van der Waals surface area contributed by atoms with E-state index in [1.807, 2.05) is 13.8 Å². The fourth-order valence-electron chi connectivity index (χ4n) is 2.11. The summed E-state index contributed by atoms with van der Waals surface area (Å²) in [5.41, 5.74) is 0.792. The number of aromatic amines is 1. The minimum atomic E-state index is -3.65. The SMILES string of the molecule is CC(C)c1ncc(S(=O)(=O)NCc2ccnc(-n3ccnc3)c2)[nH]1. The van der Waals surface area contributed by atoms with Gasteiger partial charge in [-0.05, 0) is 17.7 Å². The molecule has 3 heterocycles. The Labute approximate surface area is 140 Å². The quantitative estimate of drug-likeness (QED) is 0.705. The van der Waals surface area contributed by atoms with E-state index in [1.165, 1.54) is 6.20 Å². The van der Waals surface area contributed by atoms with Crippen molar-refractivity contribution >= 4 is 10.0 Å². The Hall–Kier alpha value is -2.52. The predicted octanol–water partition coefficient (Wildman–Crippen LogP) is 1.59. The van der Waals surface area contributed by atoms with Crippen LogP contribution in [0.5, 0.6) is 0 Å². The van der Waals surface area contributed by atoms with Crippen LogP contribution in [0.1, 0.15) is 31.2 Å². The molecule has 0 saturated heterocycles. The summed E-state index contributed by atoms with van der Waals surface area (Å²) in [7, 11) is -3.65. The van der Waals surface area contributed by atoms with Crippen molar-refractivity contribution in [2.75, 3.05) is 0 Å². The minimum Gasteiger partial charge on any atom is -0.332 e. The van der Waals surface area contributed by atoms with E-state index in [0.717, 1.165) is 5.56 Å². The molecule has 8 nitrogen and oxygen atoms in total. The lowest BCUT2D eigenvalue weighted by atomic mass is 10.2. The highest BCUT2D eigenvalue weighted by Gasteiger charge is 2.18. The van der Waals surface area contributed by atoms with Crippen LogP contribution in [0, 0.1) is 0 Å². The van der Waals surface area contributed by atoms with Crippen molar-refractivity contribution in [3.8, 4) is 5.82 Å². The molecular weight excluding hydrogens is 328 g/mol. The van der Waals surface area contributed by atoms with E-state index in [1.54, 1.807) is 41.6 Å². The molecule has 0 aliphatic rings. The first-order valence-electron chi connectivity index (χ1n) is 7.43. The third-order valence-electron chi connectivity index (χ3n) is 3.45. The molecule has 0 fully saturated rings. The Balaban J connectivity index is 1.74. The van der Waals surface area contributed by atoms with Gasteiger partial charge >= 0.3 is 0 Å². The van der Waals surface area contributed by atoms with Crippen molar-refractivity contribution in [3.63, 3.8) is 0 Å². The first-order valence-corrected chi connectivity index (χ1v) is 8.92. The highest BCUT2D eigenvalue weighted by atomic mass is 32.2. The summed E-state index contributed by atoms with van der Waals surface area (Å²) in [6, 6.07) is 3.56. The highest BCUT2D eigenvalue weighted by Crippen LogP contribution is 2.14. The van der Waals surface area contributed by atoms with Crippen LogP contribution >= 0.6 is 0 Å². The van der Waals surface area contributed by atoms with E-state index in [2.05, 4.69) is 24.7 Å². The Morgan fingerprint density at radius 1 is 1.29 bits per heavy atom. The lowest BCUT2D eigenvalue weighted by molar-refractivity contribution is 0.577. The molecule has 0 saturated carbocycles. The van der Waals surface area contributed by atoms with E-state index in [9.17, 15) is 8.42 Å². The molecule has 9 heteroatoms. The maximum atomic E-state index is 12.3. The molecule has 0 radical (unpaired) electrons. The van der Waals surface area contributed by atoms with Crippen molar-refractivity contribution < 1.29 is 8.42 Å².